The molecule has 2 aromatic rings. The summed E-state index contributed by atoms with van der Waals surface area (Å²) in [4.78, 5) is 12.8. The highest BCUT2D eigenvalue weighted by molar-refractivity contribution is 5.82. The number of fused-ring (bicyclic) bond motifs is 1. The minimum absolute atomic E-state index is 0.400. The molecule has 1 fully saturated rings. The van der Waals surface area contributed by atoms with Crippen molar-refractivity contribution < 1.29 is 20.1 Å². The molecule has 25 heavy (non-hydrogen) atoms. The van der Waals surface area contributed by atoms with Crippen LogP contribution in [0, 0.1) is 0 Å². The molecule has 0 radical (unpaired) electrons. The molecule has 1 aliphatic heterocycles. The van der Waals surface area contributed by atoms with Crippen LogP contribution in [-0.2, 0) is 4.74 Å². The van der Waals surface area contributed by atoms with Crippen LogP contribution < -0.4 is 5.32 Å². The van der Waals surface area contributed by atoms with Gasteiger partial charge in [-0.1, -0.05) is 5.57 Å². The number of nitrogens with one attached hydrogen (secondary N) is 1. The van der Waals surface area contributed by atoms with Gasteiger partial charge in [-0.2, -0.15) is 0 Å². The van der Waals surface area contributed by atoms with Crippen molar-refractivity contribution in [2.45, 2.75) is 44.3 Å². The van der Waals surface area contributed by atoms with Crippen molar-refractivity contribution in [3.05, 3.63) is 24.8 Å². The zero-order chi connectivity index (χ0) is 18.2. The molecule has 1 saturated heterocycles. The first-order chi connectivity index (χ1) is 11.9. The lowest BCUT2D eigenvalue weighted by Crippen LogP contribution is -2.44. The molecule has 9 nitrogen and oxygen atoms in total. The first kappa shape index (κ1) is 17.7. The smallest absolute Gasteiger partial charge is 0.168 e. The van der Waals surface area contributed by atoms with Gasteiger partial charge >= 0.3 is 0 Å². The van der Waals surface area contributed by atoms with Crippen LogP contribution >= 0.6 is 0 Å². The lowest BCUT2D eigenvalue weighted by atomic mass is 9.96. The molecule has 4 N–H and O–H groups in total. The summed E-state index contributed by atoms with van der Waals surface area (Å²) in [5.41, 5.74) is 0.455. The molecule has 3 heterocycles. The Morgan fingerprint density at radius 3 is 2.84 bits per heavy atom. The SMILES string of the molecule is C=C(C)CCNc1ncnc2c1ncn2[C@@H]1O[C@H](CO)[C@@H](O)[C@@]1(C)O. The summed E-state index contributed by atoms with van der Waals surface area (Å²) in [6.07, 6.45) is 0.643. The Morgan fingerprint density at radius 1 is 1.44 bits per heavy atom. The Morgan fingerprint density at radius 2 is 2.20 bits per heavy atom. The third kappa shape index (κ3) is 3.11. The van der Waals surface area contributed by atoms with E-state index in [0.717, 1.165) is 12.0 Å². The van der Waals surface area contributed by atoms with Crippen LogP contribution in [0.1, 0.15) is 26.5 Å². The number of anilines is 1. The van der Waals surface area contributed by atoms with Gasteiger partial charge in [-0.15, -0.1) is 6.58 Å². The number of nitrogens with zero attached hydrogens (tertiary/aromatic N) is 4. The number of hydrogen-bond acceptors (Lipinski definition) is 8. The Kier molecular flexibility index (Phi) is 4.74. The van der Waals surface area contributed by atoms with Crippen molar-refractivity contribution in [2.75, 3.05) is 18.5 Å². The fourth-order valence-corrected chi connectivity index (χ4v) is 2.94. The van der Waals surface area contributed by atoms with Crippen molar-refractivity contribution in [2.24, 2.45) is 0 Å². The van der Waals surface area contributed by atoms with Crippen molar-refractivity contribution in [3.8, 4) is 0 Å². The Hall–Kier alpha value is -2.07. The van der Waals surface area contributed by atoms with Gasteiger partial charge in [-0.25, -0.2) is 15.0 Å². The number of hydrogen-bond donors (Lipinski definition) is 4. The summed E-state index contributed by atoms with van der Waals surface area (Å²) < 4.78 is 7.17. The molecule has 0 amide bonds. The van der Waals surface area contributed by atoms with Crippen LogP contribution in [0.15, 0.2) is 24.8 Å². The third-order valence-corrected chi connectivity index (χ3v) is 4.39. The number of imidazole rings is 1. The van der Waals surface area contributed by atoms with Crippen LogP contribution in [0.5, 0.6) is 0 Å². The Balaban J connectivity index is 1.92. The zero-order valence-electron chi connectivity index (χ0n) is 14.3. The molecule has 136 valence electrons. The van der Waals surface area contributed by atoms with E-state index in [1.807, 2.05) is 6.92 Å². The second-order valence-corrected chi connectivity index (χ2v) is 6.56. The van der Waals surface area contributed by atoms with Crippen molar-refractivity contribution in [1.29, 1.82) is 0 Å². The van der Waals surface area contributed by atoms with Crippen molar-refractivity contribution >= 4 is 17.0 Å². The van der Waals surface area contributed by atoms with Gasteiger partial charge in [-0.05, 0) is 20.3 Å². The maximum Gasteiger partial charge on any atom is 0.168 e. The minimum Gasteiger partial charge on any atom is -0.394 e. The lowest BCUT2D eigenvalue weighted by Gasteiger charge is -2.27. The molecule has 0 saturated carbocycles. The molecule has 9 heteroatoms. The van der Waals surface area contributed by atoms with Gasteiger partial charge in [0.2, 0.25) is 0 Å². The molecule has 2 aromatic heterocycles. The molecule has 0 unspecified atom stereocenters. The van der Waals surface area contributed by atoms with Crippen molar-refractivity contribution in [1.82, 2.24) is 19.5 Å². The molecule has 0 spiro atoms. The molecule has 1 aliphatic rings. The van der Waals surface area contributed by atoms with E-state index in [-0.39, 0.29) is 0 Å². The average molecular weight is 349 g/mol. The minimum atomic E-state index is -1.60. The van der Waals surface area contributed by atoms with Crippen LogP contribution in [0.4, 0.5) is 5.82 Å². The lowest BCUT2D eigenvalue weighted by molar-refractivity contribution is -0.0950. The van der Waals surface area contributed by atoms with E-state index >= 15 is 0 Å². The number of aliphatic hydroxyl groups is 3. The molecule has 0 aliphatic carbocycles. The fourth-order valence-electron chi connectivity index (χ4n) is 2.94. The van der Waals surface area contributed by atoms with Crippen LogP contribution in [0.2, 0.25) is 0 Å². The van der Waals surface area contributed by atoms with Gasteiger partial charge in [0.15, 0.2) is 23.2 Å². The topological polar surface area (TPSA) is 126 Å². The molecule has 0 bridgehead atoms. The largest absolute Gasteiger partial charge is 0.394 e. The van der Waals surface area contributed by atoms with Gasteiger partial charge in [0.25, 0.3) is 0 Å². The Labute approximate surface area is 145 Å². The highest BCUT2D eigenvalue weighted by atomic mass is 16.6. The van der Waals surface area contributed by atoms with Gasteiger partial charge in [-0.3, -0.25) is 4.57 Å². The van der Waals surface area contributed by atoms with E-state index in [2.05, 4.69) is 26.8 Å². The monoisotopic (exact) mass is 349 g/mol. The standard InChI is InChI=1S/C16H23N5O4/c1-9(2)4-5-17-13-11-14(19-7-18-13)21(8-20-11)15-16(3,24)12(23)10(6-22)25-15/h7-8,10,12,15,22-24H,1,4-6H2,2-3H3,(H,17,18,19)/t10-,12-,15-,16-/m1/s1. The molecule has 3 rings (SSSR count). The van der Waals surface area contributed by atoms with E-state index in [0.29, 0.717) is 23.5 Å². The summed E-state index contributed by atoms with van der Waals surface area (Å²) in [5, 5.41) is 33.3. The summed E-state index contributed by atoms with van der Waals surface area (Å²) in [6.45, 7) is 7.53. The van der Waals surface area contributed by atoms with E-state index in [1.165, 1.54) is 19.6 Å². The van der Waals surface area contributed by atoms with Gasteiger partial charge in [0.1, 0.15) is 24.1 Å². The summed E-state index contributed by atoms with van der Waals surface area (Å²) in [5.74, 6) is 0.571. The summed E-state index contributed by atoms with van der Waals surface area (Å²) >= 11 is 0. The predicted molar refractivity (Wildman–Crippen MR) is 90.9 cm³/mol. The van der Waals surface area contributed by atoms with Crippen LogP contribution in [0.3, 0.4) is 0 Å². The highest BCUT2D eigenvalue weighted by Gasteiger charge is 2.53. The number of aromatic nitrogens is 4. The number of aliphatic hydroxyl groups excluding tert-OH is 2. The quantitative estimate of drug-likeness (QED) is 0.545. The summed E-state index contributed by atoms with van der Waals surface area (Å²) in [7, 11) is 0. The van der Waals surface area contributed by atoms with E-state index < -0.39 is 30.6 Å². The first-order valence-corrected chi connectivity index (χ1v) is 8.08. The van der Waals surface area contributed by atoms with Gasteiger partial charge in [0.05, 0.1) is 12.9 Å². The van der Waals surface area contributed by atoms with Gasteiger partial charge in [0, 0.05) is 6.54 Å². The van der Waals surface area contributed by atoms with Crippen molar-refractivity contribution in [3.63, 3.8) is 0 Å². The third-order valence-electron chi connectivity index (χ3n) is 4.39. The number of ether oxygens (including phenoxy) is 1. The molecular weight excluding hydrogens is 326 g/mol. The zero-order valence-corrected chi connectivity index (χ0v) is 14.3. The normalized spacial score (nSPS) is 29.2. The van der Waals surface area contributed by atoms with E-state index in [1.54, 1.807) is 4.57 Å². The van der Waals surface area contributed by atoms with E-state index in [9.17, 15) is 15.3 Å². The van der Waals surface area contributed by atoms with Crippen LogP contribution in [-0.4, -0.2) is 65.8 Å². The number of rotatable bonds is 6. The first-order valence-electron chi connectivity index (χ1n) is 8.08. The fraction of sp³-hybridized carbons (Fsp3) is 0.562. The molecule has 4 atom stereocenters. The summed E-state index contributed by atoms with van der Waals surface area (Å²) in [6, 6.07) is 0. The molecular formula is C16H23N5O4. The maximum atomic E-state index is 10.6. The Bertz CT molecular complexity index is 775. The second kappa shape index (κ2) is 6.68. The van der Waals surface area contributed by atoms with Crippen LogP contribution in [0.25, 0.3) is 11.2 Å². The predicted octanol–water partition coefficient (Wildman–Crippen LogP) is 0.206. The average Bonchev–Trinajstić information content (AvgIpc) is 3.08. The maximum absolute atomic E-state index is 10.6. The highest BCUT2D eigenvalue weighted by Crippen LogP contribution is 2.39. The second-order valence-electron chi connectivity index (χ2n) is 6.56. The van der Waals surface area contributed by atoms with Gasteiger partial charge < -0.3 is 25.4 Å². The van der Waals surface area contributed by atoms with E-state index in [4.69, 9.17) is 4.74 Å². The molecule has 0 aromatic carbocycles.